The lowest BCUT2D eigenvalue weighted by Crippen LogP contribution is -2.33. The Hall–Kier alpha value is -1.21. The number of hydrogen-bond acceptors (Lipinski definition) is 1. The highest BCUT2D eigenvalue weighted by Gasteiger charge is 2.36. The van der Waals surface area contributed by atoms with E-state index in [1.807, 2.05) is 11.8 Å². The molecule has 2 aromatic rings. The van der Waals surface area contributed by atoms with Crippen molar-refractivity contribution in [3.63, 3.8) is 0 Å². The summed E-state index contributed by atoms with van der Waals surface area (Å²) in [6.45, 7) is 11.7. The fourth-order valence-electron chi connectivity index (χ4n) is 3.43. The average Bonchev–Trinajstić information content (AvgIpc) is 2.47. The van der Waals surface area contributed by atoms with Crippen molar-refractivity contribution in [2.45, 2.75) is 68.1 Å². The molecule has 1 aliphatic carbocycles. The Morgan fingerprint density at radius 2 is 1.45 bits per heavy atom. The first-order chi connectivity index (χ1) is 10.3. The molecule has 0 nitrogen and oxygen atoms in total. The Bertz CT molecular complexity index is 695. The van der Waals surface area contributed by atoms with Gasteiger partial charge in [0.05, 0.1) is 0 Å². The van der Waals surface area contributed by atoms with Gasteiger partial charge >= 0.3 is 0 Å². The van der Waals surface area contributed by atoms with Gasteiger partial charge in [0.15, 0.2) is 0 Å². The minimum atomic E-state index is 0.285. The Balaban J connectivity index is 2.01. The second kappa shape index (κ2) is 5.45. The van der Waals surface area contributed by atoms with Crippen molar-refractivity contribution in [2.24, 2.45) is 0 Å². The first-order valence-corrected chi connectivity index (χ1v) is 9.00. The van der Waals surface area contributed by atoms with Crippen LogP contribution in [0.15, 0.2) is 52.3 Å². The van der Waals surface area contributed by atoms with E-state index in [4.69, 9.17) is 0 Å². The molecule has 0 saturated heterocycles. The van der Waals surface area contributed by atoms with E-state index in [-0.39, 0.29) is 5.41 Å². The predicted molar refractivity (Wildman–Crippen MR) is 97.0 cm³/mol. The van der Waals surface area contributed by atoms with Crippen LogP contribution in [0.2, 0.25) is 0 Å². The highest BCUT2D eigenvalue weighted by Crippen LogP contribution is 2.47. The summed E-state index contributed by atoms with van der Waals surface area (Å²) in [4.78, 5) is 2.72. The smallest absolute Gasteiger partial charge is 0.0151 e. The maximum absolute atomic E-state index is 2.44. The van der Waals surface area contributed by atoms with Crippen LogP contribution in [0.5, 0.6) is 0 Å². The van der Waals surface area contributed by atoms with Gasteiger partial charge in [-0.25, -0.2) is 0 Å². The lowest BCUT2D eigenvalue weighted by molar-refractivity contribution is 0.331. The monoisotopic (exact) mass is 310 g/mol. The molecule has 0 heterocycles. The zero-order valence-electron chi connectivity index (χ0n) is 14.4. The van der Waals surface area contributed by atoms with Crippen LogP contribution in [0.3, 0.4) is 0 Å². The molecule has 0 unspecified atom stereocenters. The van der Waals surface area contributed by atoms with Crippen LogP contribution in [0.4, 0.5) is 0 Å². The molecule has 0 radical (unpaired) electrons. The lowest BCUT2D eigenvalue weighted by Gasteiger charge is -2.42. The molecule has 22 heavy (non-hydrogen) atoms. The predicted octanol–water partition coefficient (Wildman–Crippen LogP) is 6.50. The van der Waals surface area contributed by atoms with Crippen LogP contribution in [-0.4, -0.2) is 0 Å². The number of benzene rings is 2. The molecule has 1 aliphatic rings. The topological polar surface area (TPSA) is 0 Å². The van der Waals surface area contributed by atoms with E-state index in [9.17, 15) is 0 Å². The molecule has 116 valence electrons. The Morgan fingerprint density at radius 1 is 0.818 bits per heavy atom. The normalized spacial score (nSPS) is 18.8. The molecule has 0 atom stereocenters. The van der Waals surface area contributed by atoms with Crippen LogP contribution >= 0.6 is 11.8 Å². The lowest BCUT2D eigenvalue weighted by atomic mass is 9.63. The van der Waals surface area contributed by atoms with E-state index in [0.717, 1.165) is 0 Å². The van der Waals surface area contributed by atoms with E-state index in [1.165, 1.54) is 33.8 Å². The van der Waals surface area contributed by atoms with Crippen LogP contribution in [0, 0.1) is 6.92 Å². The first kappa shape index (κ1) is 15.7. The molecular weight excluding hydrogens is 284 g/mol. The van der Waals surface area contributed by atoms with Crippen molar-refractivity contribution >= 4 is 11.8 Å². The van der Waals surface area contributed by atoms with Crippen LogP contribution in [-0.2, 0) is 10.8 Å². The van der Waals surface area contributed by atoms with Gasteiger partial charge in [-0.15, -0.1) is 0 Å². The molecular formula is C21H26S. The summed E-state index contributed by atoms with van der Waals surface area (Å²) in [6.07, 6.45) is 2.54. The van der Waals surface area contributed by atoms with Gasteiger partial charge in [-0.2, -0.15) is 0 Å². The van der Waals surface area contributed by atoms with Gasteiger partial charge in [0.1, 0.15) is 0 Å². The van der Waals surface area contributed by atoms with Gasteiger partial charge in [-0.3, -0.25) is 0 Å². The minimum Gasteiger partial charge on any atom is -0.0898 e. The molecule has 0 amide bonds. The Morgan fingerprint density at radius 3 is 2.14 bits per heavy atom. The molecule has 0 saturated carbocycles. The summed E-state index contributed by atoms with van der Waals surface area (Å²) >= 11 is 1.89. The second-order valence-corrected chi connectivity index (χ2v) is 8.96. The van der Waals surface area contributed by atoms with Gasteiger partial charge in [-0.05, 0) is 65.5 Å². The van der Waals surface area contributed by atoms with Crippen molar-refractivity contribution in [2.75, 3.05) is 0 Å². The van der Waals surface area contributed by atoms with Crippen LogP contribution in [0.25, 0.3) is 0 Å². The number of fused-ring (bicyclic) bond motifs is 1. The molecule has 0 N–H and O–H groups in total. The largest absolute Gasteiger partial charge is 0.0898 e. The van der Waals surface area contributed by atoms with Gasteiger partial charge < -0.3 is 0 Å². The van der Waals surface area contributed by atoms with E-state index in [0.29, 0.717) is 5.41 Å². The first-order valence-electron chi connectivity index (χ1n) is 8.18. The van der Waals surface area contributed by atoms with Crippen LogP contribution in [0.1, 0.15) is 57.2 Å². The van der Waals surface area contributed by atoms with Crippen molar-refractivity contribution in [3.8, 4) is 0 Å². The average molecular weight is 311 g/mol. The summed E-state index contributed by atoms with van der Waals surface area (Å²) in [6, 6.07) is 15.8. The molecule has 0 aromatic heterocycles. The highest BCUT2D eigenvalue weighted by molar-refractivity contribution is 7.99. The van der Waals surface area contributed by atoms with Gasteiger partial charge in [0.2, 0.25) is 0 Å². The summed E-state index contributed by atoms with van der Waals surface area (Å²) in [5, 5.41) is 0. The summed E-state index contributed by atoms with van der Waals surface area (Å²) in [5.41, 5.74) is 5.02. The second-order valence-electron chi connectivity index (χ2n) is 7.84. The van der Waals surface area contributed by atoms with E-state index < -0.39 is 0 Å². The molecule has 0 aliphatic heterocycles. The van der Waals surface area contributed by atoms with Gasteiger partial charge in [-0.1, -0.05) is 63.7 Å². The van der Waals surface area contributed by atoms with Crippen molar-refractivity contribution in [1.29, 1.82) is 0 Å². The molecule has 2 aromatic carbocycles. The van der Waals surface area contributed by atoms with Gasteiger partial charge in [0.25, 0.3) is 0 Å². The molecule has 3 rings (SSSR count). The summed E-state index contributed by atoms with van der Waals surface area (Å²) in [5.74, 6) is 0. The van der Waals surface area contributed by atoms with Crippen LogP contribution < -0.4 is 0 Å². The number of aryl methyl sites for hydroxylation is 1. The van der Waals surface area contributed by atoms with E-state index in [1.54, 1.807) is 5.56 Å². The van der Waals surface area contributed by atoms with E-state index >= 15 is 0 Å². The maximum Gasteiger partial charge on any atom is 0.0151 e. The maximum atomic E-state index is 2.44. The SMILES string of the molecule is Cc1ccccc1Sc1ccc2c(c1)C(C)(C)CCC2(C)C. The van der Waals surface area contributed by atoms with Crippen molar-refractivity contribution in [3.05, 3.63) is 59.2 Å². The summed E-state index contributed by atoms with van der Waals surface area (Å²) < 4.78 is 0. The standard InChI is InChI=1S/C21H26S/c1-15-8-6-7-9-19(15)22-16-10-11-17-18(14-16)21(4,5)13-12-20(17,2)3/h6-11,14H,12-13H2,1-5H3. The number of hydrogen-bond donors (Lipinski definition) is 0. The zero-order chi connectivity index (χ0) is 16.0. The highest BCUT2D eigenvalue weighted by atomic mass is 32.2. The third-order valence-electron chi connectivity index (χ3n) is 5.15. The zero-order valence-corrected chi connectivity index (χ0v) is 15.2. The molecule has 0 spiro atoms. The Labute approximate surface area is 139 Å². The summed E-state index contributed by atoms with van der Waals surface area (Å²) in [7, 11) is 0. The fourth-order valence-corrected chi connectivity index (χ4v) is 4.37. The number of rotatable bonds is 2. The van der Waals surface area contributed by atoms with E-state index in [2.05, 4.69) is 77.1 Å². The Kier molecular flexibility index (Phi) is 3.89. The third kappa shape index (κ3) is 2.84. The van der Waals surface area contributed by atoms with Crippen molar-refractivity contribution in [1.82, 2.24) is 0 Å². The molecule has 0 fully saturated rings. The molecule has 1 heteroatoms. The third-order valence-corrected chi connectivity index (χ3v) is 6.31. The minimum absolute atomic E-state index is 0.285. The fraction of sp³-hybridized carbons (Fsp3) is 0.429. The van der Waals surface area contributed by atoms with Crippen molar-refractivity contribution < 1.29 is 0 Å². The van der Waals surface area contributed by atoms with Gasteiger partial charge in [0, 0.05) is 9.79 Å². The quantitative estimate of drug-likeness (QED) is 0.610. The molecule has 0 bridgehead atoms.